The topological polar surface area (TPSA) is 34.4 Å². The van der Waals surface area contributed by atoms with E-state index in [9.17, 15) is 0 Å². The van der Waals surface area contributed by atoms with Crippen LogP contribution in [-0.2, 0) is 6.42 Å². The molecule has 2 aromatic rings. The Labute approximate surface area is 119 Å². The molecule has 0 bridgehead atoms. The molecule has 3 unspecified atom stereocenters. The number of hydrogen-bond acceptors (Lipinski definition) is 3. The van der Waals surface area contributed by atoms with Crippen molar-refractivity contribution in [2.24, 2.45) is 5.92 Å². The van der Waals surface area contributed by atoms with Crippen LogP contribution in [0.5, 0.6) is 5.75 Å². The number of para-hydroxylation sites is 1. The predicted molar refractivity (Wildman–Crippen MR) is 78.9 cm³/mol. The van der Waals surface area contributed by atoms with Gasteiger partial charge < -0.3 is 14.5 Å². The summed E-state index contributed by atoms with van der Waals surface area (Å²) in [6.45, 7) is 5.20. The number of fused-ring (bicyclic) bond motifs is 1. The van der Waals surface area contributed by atoms with E-state index < -0.39 is 0 Å². The van der Waals surface area contributed by atoms with Crippen molar-refractivity contribution in [1.29, 1.82) is 0 Å². The van der Waals surface area contributed by atoms with E-state index in [0.29, 0.717) is 18.0 Å². The van der Waals surface area contributed by atoms with Gasteiger partial charge in [0.2, 0.25) is 0 Å². The second kappa shape index (κ2) is 5.71. The van der Waals surface area contributed by atoms with E-state index in [1.807, 2.05) is 24.3 Å². The average molecular weight is 271 g/mol. The van der Waals surface area contributed by atoms with Crippen LogP contribution in [0, 0.1) is 5.92 Å². The zero-order chi connectivity index (χ0) is 13.9. The van der Waals surface area contributed by atoms with Crippen LogP contribution in [-0.4, -0.2) is 12.6 Å². The van der Waals surface area contributed by atoms with Crippen molar-refractivity contribution >= 4 is 0 Å². The normalized spacial score (nSPS) is 22.9. The van der Waals surface area contributed by atoms with Gasteiger partial charge in [0.05, 0.1) is 12.9 Å². The predicted octanol–water partition coefficient (Wildman–Crippen LogP) is 3.57. The Hall–Kier alpha value is -1.74. The van der Waals surface area contributed by atoms with Gasteiger partial charge in [-0.2, -0.15) is 0 Å². The van der Waals surface area contributed by atoms with Crippen LogP contribution in [0.1, 0.15) is 31.2 Å². The molecule has 0 spiro atoms. The Balaban J connectivity index is 1.73. The van der Waals surface area contributed by atoms with E-state index in [0.717, 1.165) is 24.5 Å². The van der Waals surface area contributed by atoms with Gasteiger partial charge in [0.1, 0.15) is 11.5 Å². The summed E-state index contributed by atoms with van der Waals surface area (Å²) in [5.74, 6) is 2.50. The standard InChI is InChI=1S/C17H21NO2/c1-12-11-20-16-8-4-3-7-15(16)17(12)18-13(2)10-14-6-5-9-19-14/h3-9,12-13,17-18H,10-11H2,1-2H3. The maximum Gasteiger partial charge on any atom is 0.124 e. The van der Waals surface area contributed by atoms with E-state index in [1.54, 1.807) is 6.26 Å². The molecule has 1 aliphatic heterocycles. The van der Waals surface area contributed by atoms with Crippen molar-refractivity contribution in [3.05, 3.63) is 54.0 Å². The second-order valence-electron chi connectivity index (χ2n) is 5.65. The highest BCUT2D eigenvalue weighted by Crippen LogP contribution is 2.35. The second-order valence-corrected chi connectivity index (χ2v) is 5.65. The summed E-state index contributed by atoms with van der Waals surface area (Å²) < 4.78 is 11.2. The van der Waals surface area contributed by atoms with Crippen LogP contribution in [0.2, 0.25) is 0 Å². The monoisotopic (exact) mass is 271 g/mol. The fourth-order valence-corrected chi connectivity index (χ4v) is 2.84. The van der Waals surface area contributed by atoms with Gasteiger partial charge in [-0.15, -0.1) is 0 Å². The van der Waals surface area contributed by atoms with E-state index >= 15 is 0 Å². The van der Waals surface area contributed by atoms with Crippen LogP contribution in [0.15, 0.2) is 47.1 Å². The molecule has 0 radical (unpaired) electrons. The lowest BCUT2D eigenvalue weighted by molar-refractivity contribution is 0.181. The molecule has 0 aliphatic carbocycles. The zero-order valence-electron chi connectivity index (χ0n) is 12.0. The van der Waals surface area contributed by atoms with Gasteiger partial charge in [-0.25, -0.2) is 0 Å². The lowest BCUT2D eigenvalue weighted by Crippen LogP contribution is -2.39. The third kappa shape index (κ3) is 2.73. The van der Waals surface area contributed by atoms with Crippen molar-refractivity contribution < 1.29 is 9.15 Å². The van der Waals surface area contributed by atoms with Gasteiger partial charge in [-0.05, 0) is 25.1 Å². The Kier molecular flexibility index (Phi) is 3.79. The maximum atomic E-state index is 5.79. The minimum atomic E-state index is 0.338. The van der Waals surface area contributed by atoms with Crippen LogP contribution in [0.4, 0.5) is 0 Å². The summed E-state index contributed by atoms with van der Waals surface area (Å²) >= 11 is 0. The quantitative estimate of drug-likeness (QED) is 0.923. The summed E-state index contributed by atoms with van der Waals surface area (Å²) in [5, 5.41) is 3.72. The number of benzene rings is 1. The lowest BCUT2D eigenvalue weighted by Gasteiger charge is -2.34. The molecule has 0 saturated carbocycles. The van der Waals surface area contributed by atoms with Crippen molar-refractivity contribution in [2.75, 3.05) is 6.61 Å². The van der Waals surface area contributed by atoms with Crippen molar-refractivity contribution in [2.45, 2.75) is 32.4 Å². The van der Waals surface area contributed by atoms with E-state index in [4.69, 9.17) is 9.15 Å². The molecule has 1 aliphatic rings. The first-order chi connectivity index (χ1) is 9.74. The molecular formula is C17H21NO2. The van der Waals surface area contributed by atoms with Crippen molar-refractivity contribution in [1.82, 2.24) is 5.32 Å². The molecule has 1 N–H and O–H groups in total. The molecular weight excluding hydrogens is 250 g/mol. The van der Waals surface area contributed by atoms with Gasteiger partial charge in [0.15, 0.2) is 0 Å². The molecule has 0 amide bonds. The molecule has 1 aromatic heterocycles. The van der Waals surface area contributed by atoms with Gasteiger partial charge in [-0.1, -0.05) is 25.1 Å². The van der Waals surface area contributed by atoms with Crippen molar-refractivity contribution in [3.63, 3.8) is 0 Å². The minimum absolute atomic E-state index is 0.338. The van der Waals surface area contributed by atoms with Gasteiger partial charge in [-0.3, -0.25) is 0 Å². The van der Waals surface area contributed by atoms with E-state index in [-0.39, 0.29) is 0 Å². The third-order valence-electron chi connectivity index (χ3n) is 3.88. The molecule has 20 heavy (non-hydrogen) atoms. The first kappa shape index (κ1) is 13.3. The van der Waals surface area contributed by atoms with Crippen LogP contribution in [0.25, 0.3) is 0 Å². The molecule has 3 nitrogen and oxygen atoms in total. The third-order valence-corrected chi connectivity index (χ3v) is 3.88. The molecule has 2 heterocycles. The summed E-state index contributed by atoms with van der Waals surface area (Å²) in [7, 11) is 0. The number of nitrogens with one attached hydrogen (secondary N) is 1. The Morgan fingerprint density at radius 2 is 2.10 bits per heavy atom. The lowest BCUT2D eigenvalue weighted by atomic mass is 9.91. The van der Waals surface area contributed by atoms with Gasteiger partial charge in [0, 0.05) is 30.0 Å². The Morgan fingerprint density at radius 3 is 2.90 bits per heavy atom. The largest absolute Gasteiger partial charge is 0.493 e. The molecule has 0 saturated heterocycles. The highest BCUT2D eigenvalue weighted by molar-refractivity contribution is 5.38. The molecule has 3 heteroatoms. The fraction of sp³-hybridized carbons (Fsp3) is 0.412. The molecule has 3 atom stereocenters. The van der Waals surface area contributed by atoms with Gasteiger partial charge in [0.25, 0.3) is 0 Å². The number of rotatable bonds is 4. The van der Waals surface area contributed by atoms with Gasteiger partial charge >= 0.3 is 0 Å². The highest BCUT2D eigenvalue weighted by atomic mass is 16.5. The Morgan fingerprint density at radius 1 is 1.25 bits per heavy atom. The average Bonchev–Trinajstić information content (AvgIpc) is 2.95. The number of ether oxygens (including phenoxy) is 1. The van der Waals surface area contributed by atoms with Crippen LogP contribution < -0.4 is 10.1 Å². The fourth-order valence-electron chi connectivity index (χ4n) is 2.84. The van der Waals surface area contributed by atoms with Crippen molar-refractivity contribution in [3.8, 4) is 5.75 Å². The first-order valence-electron chi connectivity index (χ1n) is 7.24. The SMILES string of the molecule is CC(Cc1ccco1)NC1c2ccccc2OCC1C. The summed E-state index contributed by atoms with van der Waals surface area (Å²) in [6, 6.07) is 13.0. The smallest absolute Gasteiger partial charge is 0.124 e. The summed E-state index contributed by atoms with van der Waals surface area (Å²) in [6.07, 6.45) is 2.63. The maximum absolute atomic E-state index is 5.79. The minimum Gasteiger partial charge on any atom is -0.493 e. The summed E-state index contributed by atoms with van der Waals surface area (Å²) in [4.78, 5) is 0. The summed E-state index contributed by atoms with van der Waals surface area (Å²) in [5.41, 5.74) is 1.26. The molecule has 106 valence electrons. The first-order valence-corrected chi connectivity index (χ1v) is 7.24. The zero-order valence-corrected chi connectivity index (χ0v) is 12.0. The molecule has 3 rings (SSSR count). The molecule has 1 aromatic carbocycles. The Bertz CT molecular complexity index is 550. The number of furan rings is 1. The molecule has 0 fully saturated rings. The van der Waals surface area contributed by atoms with E-state index in [2.05, 4.69) is 31.3 Å². The number of hydrogen-bond donors (Lipinski definition) is 1. The van der Waals surface area contributed by atoms with E-state index in [1.165, 1.54) is 5.56 Å². The van der Waals surface area contributed by atoms with Crippen LogP contribution >= 0.6 is 0 Å². The highest BCUT2D eigenvalue weighted by Gasteiger charge is 2.28. The van der Waals surface area contributed by atoms with Crippen LogP contribution in [0.3, 0.4) is 0 Å².